The monoisotopic (exact) mass is 454 g/mol. The van der Waals surface area contributed by atoms with Crippen LogP contribution in [0.5, 0.6) is 0 Å². The van der Waals surface area contributed by atoms with Crippen molar-refractivity contribution in [1.29, 1.82) is 0 Å². The van der Waals surface area contributed by atoms with Crippen molar-refractivity contribution < 1.29 is 4.39 Å². The van der Waals surface area contributed by atoms with Gasteiger partial charge in [0.15, 0.2) is 0 Å². The van der Waals surface area contributed by atoms with E-state index in [0.717, 1.165) is 4.57 Å². The van der Waals surface area contributed by atoms with Crippen LogP contribution in [0.1, 0.15) is 0 Å². The lowest BCUT2D eigenvalue weighted by Gasteiger charge is -2.19. The minimum atomic E-state index is -0.608. The maximum absolute atomic E-state index is 13.8. The summed E-state index contributed by atoms with van der Waals surface area (Å²) in [5.41, 5.74) is 0.121. The van der Waals surface area contributed by atoms with Crippen LogP contribution in [0.3, 0.4) is 0 Å². The molecular weight excluding hydrogens is 435 g/mol. The highest BCUT2D eigenvalue weighted by atomic mass is 19.1. The van der Waals surface area contributed by atoms with E-state index in [9.17, 15) is 18.8 Å². The number of hydrogen-bond donors (Lipinski definition) is 1. The van der Waals surface area contributed by atoms with Crippen LogP contribution in [0.15, 0.2) is 105 Å². The maximum Gasteiger partial charge on any atom is 0.341 e. The first kappa shape index (κ1) is 21.1. The van der Waals surface area contributed by atoms with Gasteiger partial charge < -0.3 is 5.32 Å². The van der Waals surface area contributed by atoms with Crippen LogP contribution < -0.4 is 22.1 Å². The largest absolute Gasteiger partial charge is 0.355 e. The van der Waals surface area contributed by atoms with Crippen molar-refractivity contribution in [3.63, 3.8) is 0 Å². The molecule has 8 heteroatoms. The first-order valence-corrected chi connectivity index (χ1v) is 10.5. The van der Waals surface area contributed by atoms with E-state index in [1.807, 2.05) is 6.07 Å². The first-order valence-electron chi connectivity index (χ1n) is 10.5. The van der Waals surface area contributed by atoms with Gasteiger partial charge in [0, 0.05) is 18.8 Å². The van der Waals surface area contributed by atoms with Crippen molar-refractivity contribution in [3.8, 4) is 11.4 Å². The Kier molecular flexibility index (Phi) is 5.18. The number of nitrogens with one attached hydrogen (secondary N) is 1. The van der Waals surface area contributed by atoms with Crippen molar-refractivity contribution in [2.24, 2.45) is 7.05 Å². The summed E-state index contributed by atoms with van der Waals surface area (Å²) in [6, 6.07) is 24.2. The Morgan fingerprint density at radius 2 is 1.29 bits per heavy atom. The van der Waals surface area contributed by atoms with Gasteiger partial charge in [0.2, 0.25) is 0 Å². The molecule has 0 spiro atoms. The molecule has 3 aromatic carbocycles. The highest BCUT2D eigenvalue weighted by Crippen LogP contribution is 2.24. The molecule has 0 saturated carbocycles. The number of pyridine rings is 1. The smallest absolute Gasteiger partial charge is 0.341 e. The number of para-hydroxylation sites is 2. The molecule has 0 atom stereocenters. The molecule has 0 aliphatic rings. The summed E-state index contributed by atoms with van der Waals surface area (Å²) in [7, 11) is 1.51. The molecule has 0 unspecified atom stereocenters. The van der Waals surface area contributed by atoms with E-state index in [-0.39, 0.29) is 16.7 Å². The fourth-order valence-electron chi connectivity index (χ4n) is 3.95. The number of fused-ring (bicyclic) bond motifs is 1. The molecule has 34 heavy (non-hydrogen) atoms. The summed E-state index contributed by atoms with van der Waals surface area (Å²) >= 11 is 0. The third kappa shape index (κ3) is 3.51. The van der Waals surface area contributed by atoms with E-state index in [1.165, 1.54) is 46.5 Å². The van der Waals surface area contributed by atoms with Gasteiger partial charge in [0.05, 0.1) is 17.1 Å². The molecule has 0 aliphatic heterocycles. The Hall–Kier alpha value is -4.72. The highest BCUT2D eigenvalue weighted by Gasteiger charge is 2.21. The molecule has 0 aliphatic carbocycles. The van der Waals surface area contributed by atoms with Crippen LogP contribution >= 0.6 is 0 Å². The van der Waals surface area contributed by atoms with Crippen LogP contribution in [0.25, 0.3) is 22.4 Å². The summed E-state index contributed by atoms with van der Waals surface area (Å²) in [4.78, 5) is 40.4. The Balaban J connectivity index is 1.95. The predicted octanol–water partition coefficient (Wildman–Crippen LogP) is 3.72. The van der Waals surface area contributed by atoms with Crippen LogP contribution in [0, 0.1) is 5.82 Å². The van der Waals surface area contributed by atoms with E-state index >= 15 is 0 Å². The topological polar surface area (TPSA) is 78.0 Å². The average molecular weight is 454 g/mol. The number of aryl methyl sites for hydroxylation is 1. The van der Waals surface area contributed by atoms with Crippen LogP contribution in [0.4, 0.5) is 15.8 Å². The molecule has 2 aromatic heterocycles. The Bertz CT molecular complexity index is 1690. The van der Waals surface area contributed by atoms with Gasteiger partial charge in [-0.05, 0) is 48.5 Å². The molecule has 1 N–H and O–H groups in total. The Morgan fingerprint density at radius 1 is 0.735 bits per heavy atom. The van der Waals surface area contributed by atoms with Gasteiger partial charge in [-0.25, -0.2) is 18.3 Å². The minimum absolute atomic E-state index is 0.138. The number of hydrogen-bond acceptors (Lipinski definition) is 4. The number of halogens is 1. The van der Waals surface area contributed by atoms with Gasteiger partial charge in [-0.3, -0.25) is 14.2 Å². The van der Waals surface area contributed by atoms with E-state index in [1.54, 1.807) is 54.6 Å². The van der Waals surface area contributed by atoms with Gasteiger partial charge in [-0.2, -0.15) is 0 Å². The number of anilines is 2. The van der Waals surface area contributed by atoms with Crippen molar-refractivity contribution in [3.05, 3.63) is 128 Å². The summed E-state index contributed by atoms with van der Waals surface area (Å²) in [6.45, 7) is 0. The number of nitrogens with zero attached hydrogens (tertiary/aromatic N) is 3. The van der Waals surface area contributed by atoms with Crippen molar-refractivity contribution in [2.75, 3.05) is 5.32 Å². The normalized spacial score (nSPS) is 11.0. The second-order valence-electron chi connectivity index (χ2n) is 7.72. The van der Waals surface area contributed by atoms with E-state index in [4.69, 9.17) is 0 Å². The Morgan fingerprint density at radius 3 is 1.88 bits per heavy atom. The van der Waals surface area contributed by atoms with E-state index in [2.05, 4.69) is 5.32 Å². The third-order valence-electron chi connectivity index (χ3n) is 5.57. The van der Waals surface area contributed by atoms with Crippen molar-refractivity contribution in [1.82, 2.24) is 13.7 Å². The SMILES string of the molecule is Cn1c(=O)cc(Nc2ccc(F)cc2)c2c(=O)n(-c3ccccc3)c(=O)n(-c3ccccc3)c21. The van der Waals surface area contributed by atoms with Crippen LogP contribution in [-0.2, 0) is 7.05 Å². The lowest BCUT2D eigenvalue weighted by atomic mass is 10.2. The summed E-state index contributed by atoms with van der Waals surface area (Å²) in [6.07, 6.45) is 0. The van der Waals surface area contributed by atoms with Crippen molar-refractivity contribution >= 4 is 22.4 Å². The average Bonchev–Trinajstić information content (AvgIpc) is 2.85. The number of aromatic nitrogens is 3. The van der Waals surface area contributed by atoms with Gasteiger partial charge in [0.25, 0.3) is 11.1 Å². The van der Waals surface area contributed by atoms with Crippen molar-refractivity contribution in [2.45, 2.75) is 0 Å². The molecular formula is C26H19FN4O3. The molecule has 0 bridgehead atoms. The molecule has 168 valence electrons. The molecule has 7 nitrogen and oxygen atoms in total. The second kappa shape index (κ2) is 8.32. The maximum atomic E-state index is 13.8. The van der Waals surface area contributed by atoms with Gasteiger partial charge in [0.1, 0.15) is 16.9 Å². The number of benzene rings is 3. The van der Waals surface area contributed by atoms with E-state index < -0.39 is 22.6 Å². The molecule has 0 fully saturated rings. The zero-order chi connectivity index (χ0) is 23.8. The third-order valence-corrected chi connectivity index (χ3v) is 5.57. The molecule has 5 aromatic rings. The lowest BCUT2D eigenvalue weighted by molar-refractivity contribution is 0.628. The second-order valence-corrected chi connectivity index (χ2v) is 7.72. The lowest BCUT2D eigenvalue weighted by Crippen LogP contribution is -2.40. The highest BCUT2D eigenvalue weighted by molar-refractivity contribution is 5.91. The quantitative estimate of drug-likeness (QED) is 0.449. The zero-order valence-corrected chi connectivity index (χ0v) is 18.1. The predicted molar refractivity (Wildman–Crippen MR) is 130 cm³/mol. The van der Waals surface area contributed by atoms with Gasteiger partial charge >= 0.3 is 5.69 Å². The first-order chi connectivity index (χ1) is 16.5. The van der Waals surface area contributed by atoms with Crippen LogP contribution in [-0.4, -0.2) is 13.7 Å². The zero-order valence-electron chi connectivity index (χ0n) is 18.1. The molecule has 0 saturated heterocycles. The molecule has 5 rings (SSSR count). The van der Waals surface area contributed by atoms with E-state index in [0.29, 0.717) is 17.1 Å². The molecule has 2 heterocycles. The molecule has 0 radical (unpaired) electrons. The fourth-order valence-corrected chi connectivity index (χ4v) is 3.95. The fraction of sp³-hybridized carbons (Fsp3) is 0.0385. The van der Waals surface area contributed by atoms with Gasteiger partial charge in [-0.15, -0.1) is 0 Å². The summed E-state index contributed by atoms with van der Waals surface area (Å²) in [5.74, 6) is -0.413. The van der Waals surface area contributed by atoms with Gasteiger partial charge in [-0.1, -0.05) is 36.4 Å². The van der Waals surface area contributed by atoms with Crippen LogP contribution in [0.2, 0.25) is 0 Å². The summed E-state index contributed by atoms with van der Waals surface area (Å²) in [5, 5.41) is 3.19. The molecule has 0 amide bonds. The summed E-state index contributed by atoms with van der Waals surface area (Å²) < 4.78 is 17.1. The number of rotatable bonds is 4. The Labute approximate surface area is 192 Å². The minimum Gasteiger partial charge on any atom is -0.355 e. The standard InChI is InChI=1S/C26H19FN4O3/c1-29-22(32)16-21(28-18-14-12-17(27)13-15-18)23-24(29)30(19-8-4-2-5-9-19)26(34)31(25(23)33)20-10-6-3-7-11-20/h2-16,28H,1H3.